The molecule has 2 rings (SSSR count). The molecule has 0 saturated heterocycles. The Hall–Kier alpha value is -1.79. The highest BCUT2D eigenvalue weighted by molar-refractivity contribution is 7.92. The van der Waals surface area contributed by atoms with Gasteiger partial charge >= 0.3 is 0 Å². The van der Waals surface area contributed by atoms with Crippen molar-refractivity contribution in [2.24, 2.45) is 0 Å². The molecule has 4 nitrogen and oxygen atoms in total. The van der Waals surface area contributed by atoms with E-state index in [1.54, 1.807) is 19.9 Å². The molecule has 7 heteroatoms. The van der Waals surface area contributed by atoms with Gasteiger partial charge in [0, 0.05) is 5.69 Å². The van der Waals surface area contributed by atoms with E-state index in [1.807, 2.05) is 0 Å². The summed E-state index contributed by atoms with van der Waals surface area (Å²) in [5.41, 5.74) is 7.05. The topological polar surface area (TPSA) is 72.2 Å². The Balaban J connectivity index is 2.51. The molecular weight excluding hydrogens is 315 g/mol. The van der Waals surface area contributed by atoms with E-state index in [9.17, 15) is 12.8 Å². The Morgan fingerprint density at radius 1 is 1.24 bits per heavy atom. The van der Waals surface area contributed by atoms with Crippen molar-refractivity contribution in [3.63, 3.8) is 0 Å². The van der Waals surface area contributed by atoms with E-state index in [0.717, 1.165) is 0 Å². The van der Waals surface area contributed by atoms with Gasteiger partial charge in [-0.25, -0.2) is 12.8 Å². The van der Waals surface area contributed by atoms with Gasteiger partial charge in [0.25, 0.3) is 10.0 Å². The Labute approximate surface area is 127 Å². The van der Waals surface area contributed by atoms with E-state index in [-0.39, 0.29) is 15.6 Å². The highest BCUT2D eigenvalue weighted by Gasteiger charge is 2.21. The first-order chi connectivity index (χ1) is 9.72. The molecule has 0 radical (unpaired) electrons. The molecule has 0 aliphatic rings. The number of nitrogen functional groups attached to an aromatic ring is 1. The van der Waals surface area contributed by atoms with Crippen molar-refractivity contribution in [2.75, 3.05) is 10.5 Å². The Morgan fingerprint density at radius 3 is 2.57 bits per heavy atom. The fourth-order valence-corrected chi connectivity index (χ4v) is 3.51. The van der Waals surface area contributed by atoms with Crippen molar-refractivity contribution in [3.05, 3.63) is 52.3 Å². The number of hydrogen-bond donors (Lipinski definition) is 2. The summed E-state index contributed by atoms with van der Waals surface area (Å²) >= 11 is 5.64. The maximum Gasteiger partial charge on any atom is 0.262 e. The molecule has 2 aromatic rings. The molecule has 0 spiro atoms. The molecule has 3 N–H and O–H groups in total. The number of nitrogens with one attached hydrogen (secondary N) is 1. The van der Waals surface area contributed by atoms with Crippen molar-refractivity contribution < 1.29 is 12.8 Å². The molecule has 0 aromatic heterocycles. The predicted molar refractivity (Wildman–Crippen MR) is 82.5 cm³/mol. The van der Waals surface area contributed by atoms with Gasteiger partial charge in [0.2, 0.25) is 0 Å². The number of aryl methyl sites for hydroxylation is 1. The lowest BCUT2D eigenvalue weighted by Crippen LogP contribution is -2.16. The summed E-state index contributed by atoms with van der Waals surface area (Å²) < 4.78 is 40.8. The van der Waals surface area contributed by atoms with E-state index in [4.69, 9.17) is 17.3 Å². The standard InChI is InChI=1S/C14H14ClFN2O2S/c1-8-6-11(17)9(2)13(7-8)21(19,20)18-12-5-3-4-10(15)14(12)16/h3-7,18H,17H2,1-2H3. The molecule has 112 valence electrons. The number of rotatable bonds is 3. The van der Waals surface area contributed by atoms with E-state index in [0.29, 0.717) is 16.8 Å². The lowest BCUT2D eigenvalue weighted by Gasteiger charge is -2.13. The van der Waals surface area contributed by atoms with Gasteiger partial charge < -0.3 is 5.73 Å². The van der Waals surface area contributed by atoms with E-state index >= 15 is 0 Å². The monoisotopic (exact) mass is 328 g/mol. The molecule has 2 aromatic carbocycles. The minimum Gasteiger partial charge on any atom is -0.398 e. The summed E-state index contributed by atoms with van der Waals surface area (Å²) in [7, 11) is -3.96. The number of nitrogens with two attached hydrogens (primary N) is 1. The van der Waals surface area contributed by atoms with Crippen molar-refractivity contribution in [2.45, 2.75) is 18.7 Å². The summed E-state index contributed by atoms with van der Waals surface area (Å²) in [5, 5.41) is -0.157. The van der Waals surface area contributed by atoms with Gasteiger partial charge in [-0.1, -0.05) is 17.7 Å². The van der Waals surface area contributed by atoms with E-state index < -0.39 is 15.8 Å². The van der Waals surface area contributed by atoms with Gasteiger partial charge in [0.15, 0.2) is 5.82 Å². The van der Waals surface area contributed by atoms with Crippen molar-refractivity contribution in [1.82, 2.24) is 0 Å². The largest absolute Gasteiger partial charge is 0.398 e. The first kappa shape index (κ1) is 15.6. The van der Waals surface area contributed by atoms with Gasteiger partial charge in [-0.3, -0.25) is 4.72 Å². The minimum absolute atomic E-state index is 0.0133. The maximum atomic E-state index is 13.8. The van der Waals surface area contributed by atoms with Crippen LogP contribution in [0.15, 0.2) is 35.2 Å². The zero-order chi connectivity index (χ0) is 15.8. The van der Waals surface area contributed by atoms with Crippen LogP contribution in [0.1, 0.15) is 11.1 Å². The zero-order valence-corrected chi connectivity index (χ0v) is 13.0. The van der Waals surface area contributed by atoms with Gasteiger partial charge in [0.1, 0.15) is 0 Å². The molecule has 0 aliphatic carbocycles. The normalized spacial score (nSPS) is 11.4. The summed E-state index contributed by atoms with van der Waals surface area (Å²) in [5.74, 6) is -0.819. The number of halogens is 2. The molecule has 21 heavy (non-hydrogen) atoms. The SMILES string of the molecule is Cc1cc(N)c(C)c(S(=O)(=O)Nc2cccc(Cl)c2F)c1. The van der Waals surface area contributed by atoms with Crippen LogP contribution in [0.25, 0.3) is 0 Å². The first-order valence-corrected chi connectivity index (χ1v) is 7.92. The number of anilines is 2. The van der Waals surface area contributed by atoms with Crippen LogP contribution in [0.3, 0.4) is 0 Å². The molecule has 0 amide bonds. The van der Waals surface area contributed by atoms with Crippen molar-refractivity contribution in [3.8, 4) is 0 Å². The second-order valence-corrected chi connectivity index (χ2v) is 6.74. The van der Waals surface area contributed by atoms with Crippen LogP contribution in [0.2, 0.25) is 5.02 Å². The third-order valence-electron chi connectivity index (χ3n) is 3.03. The molecule has 0 aliphatic heterocycles. The third-order valence-corrected chi connectivity index (χ3v) is 4.81. The fourth-order valence-electron chi connectivity index (χ4n) is 1.91. The minimum atomic E-state index is -3.96. The van der Waals surface area contributed by atoms with Gasteiger partial charge in [-0.05, 0) is 49.2 Å². The predicted octanol–water partition coefficient (Wildman–Crippen LogP) is 3.48. The number of sulfonamides is 1. The molecule has 0 saturated carbocycles. The molecule has 0 heterocycles. The lowest BCUT2D eigenvalue weighted by atomic mass is 10.1. The summed E-state index contributed by atoms with van der Waals surface area (Å²) in [4.78, 5) is 0.0133. The number of hydrogen-bond acceptors (Lipinski definition) is 3. The van der Waals surface area contributed by atoms with Crippen LogP contribution in [0, 0.1) is 19.7 Å². The molecule has 0 fully saturated rings. The summed E-state index contributed by atoms with van der Waals surface area (Å²) in [6.07, 6.45) is 0. The summed E-state index contributed by atoms with van der Waals surface area (Å²) in [6.45, 7) is 3.33. The Morgan fingerprint density at radius 2 is 1.90 bits per heavy atom. The quantitative estimate of drug-likeness (QED) is 0.847. The van der Waals surface area contributed by atoms with Crippen LogP contribution in [-0.2, 0) is 10.0 Å². The molecular formula is C14H14ClFN2O2S. The van der Waals surface area contributed by atoms with E-state index in [1.165, 1.54) is 24.3 Å². The van der Waals surface area contributed by atoms with Crippen LogP contribution in [0.4, 0.5) is 15.8 Å². The Kier molecular flexibility index (Phi) is 4.11. The average Bonchev–Trinajstić information content (AvgIpc) is 2.39. The van der Waals surface area contributed by atoms with Crippen LogP contribution in [-0.4, -0.2) is 8.42 Å². The summed E-state index contributed by atoms with van der Waals surface area (Å²) in [6, 6.07) is 7.25. The third kappa shape index (κ3) is 3.11. The Bertz CT molecular complexity index is 807. The van der Waals surface area contributed by atoms with E-state index in [2.05, 4.69) is 4.72 Å². The molecule has 0 bridgehead atoms. The highest BCUT2D eigenvalue weighted by atomic mass is 35.5. The first-order valence-electron chi connectivity index (χ1n) is 6.06. The number of benzene rings is 2. The molecule has 0 atom stereocenters. The van der Waals surface area contributed by atoms with Gasteiger partial charge in [-0.15, -0.1) is 0 Å². The lowest BCUT2D eigenvalue weighted by molar-refractivity contribution is 0.598. The second-order valence-electron chi connectivity index (χ2n) is 4.68. The van der Waals surface area contributed by atoms with Crippen LogP contribution >= 0.6 is 11.6 Å². The maximum absolute atomic E-state index is 13.8. The smallest absolute Gasteiger partial charge is 0.262 e. The fraction of sp³-hybridized carbons (Fsp3) is 0.143. The average molecular weight is 329 g/mol. The van der Waals surface area contributed by atoms with Crippen LogP contribution < -0.4 is 10.5 Å². The van der Waals surface area contributed by atoms with Gasteiger partial charge in [0.05, 0.1) is 15.6 Å². The van der Waals surface area contributed by atoms with Gasteiger partial charge in [-0.2, -0.15) is 0 Å². The van der Waals surface area contributed by atoms with Crippen molar-refractivity contribution in [1.29, 1.82) is 0 Å². The zero-order valence-electron chi connectivity index (χ0n) is 11.4. The highest BCUT2D eigenvalue weighted by Crippen LogP contribution is 2.28. The van der Waals surface area contributed by atoms with Crippen LogP contribution in [0.5, 0.6) is 0 Å². The van der Waals surface area contributed by atoms with Crippen molar-refractivity contribution >= 4 is 33.0 Å². The second kappa shape index (κ2) is 5.54. The molecule has 0 unspecified atom stereocenters.